The van der Waals surface area contributed by atoms with Gasteiger partial charge in [0.15, 0.2) is 0 Å². The third-order valence-corrected chi connectivity index (χ3v) is 10.5. The summed E-state index contributed by atoms with van der Waals surface area (Å²) >= 11 is 5.59. The van der Waals surface area contributed by atoms with Crippen LogP contribution in [0.1, 0.15) is 90.4 Å². The maximum atomic E-state index is 11.2. The molecule has 0 saturated heterocycles. The molecule has 1 aliphatic rings. The predicted molar refractivity (Wildman–Crippen MR) is 100 cm³/mol. The third-order valence-electron chi connectivity index (χ3n) is 4.96. The number of hydrogen-bond donors (Lipinski definition) is 0. The first-order valence-corrected chi connectivity index (χ1v) is 13.8. The summed E-state index contributed by atoms with van der Waals surface area (Å²) < 4.78 is 1.68. The molecule has 5 heteroatoms. The number of unbranched alkanes of at least 4 members (excludes halogenated alkanes) is 9. The Morgan fingerprint density at radius 3 is 2.13 bits per heavy atom. The Kier molecular flexibility index (Phi) is 12.9. The molecule has 0 aromatic heterocycles. The van der Waals surface area contributed by atoms with Crippen molar-refractivity contribution in [3.8, 4) is 0 Å². The van der Waals surface area contributed by atoms with Crippen molar-refractivity contribution in [1.29, 1.82) is 0 Å². The van der Waals surface area contributed by atoms with Gasteiger partial charge in [-0.3, -0.25) is 0 Å². The number of halogens is 1. The molecular formula is C18H34ClNO2Sn. The molecule has 1 saturated carbocycles. The minimum atomic E-state index is -0.634. The van der Waals surface area contributed by atoms with Crippen LogP contribution in [0.2, 0.25) is 8.37 Å². The average Bonchev–Trinajstić information content (AvgIpc) is 2.52. The summed E-state index contributed by atoms with van der Waals surface area (Å²) in [6.07, 6.45) is 16.2. The molecule has 23 heavy (non-hydrogen) atoms. The second-order valence-corrected chi connectivity index (χ2v) is 12.3. The first kappa shape index (κ1) is 21.5. The van der Waals surface area contributed by atoms with Gasteiger partial charge in [0, 0.05) is 0 Å². The Morgan fingerprint density at radius 2 is 1.57 bits per heavy atom. The van der Waals surface area contributed by atoms with Gasteiger partial charge in [0.1, 0.15) is 0 Å². The maximum absolute atomic E-state index is 11.2. The van der Waals surface area contributed by atoms with Crippen LogP contribution < -0.4 is 0 Å². The van der Waals surface area contributed by atoms with Gasteiger partial charge in [-0.1, -0.05) is 0 Å². The molecule has 0 heterocycles. The Hall–Kier alpha value is 0.489. The summed E-state index contributed by atoms with van der Waals surface area (Å²) in [6.45, 7) is 2.26. The summed E-state index contributed by atoms with van der Waals surface area (Å²) in [4.78, 5) is 11.1. The van der Waals surface area contributed by atoms with E-state index in [0.29, 0.717) is 10.4 Å². The van der Waals surface area contributed by atoms with Gasteiger partial charge in [-0.15, -0.1) is 0 Å². The van der Waals surface area contributed by atoms with Crippen molar-refractivity contribution in [3.63, 3.8) is 0 Å². The van der Waals surface area contributed by atoms with E-state index in [2.05, 4.69) is 6.92 Å². The first-order chi connectivity index (χ1) is 11.1. The molecule has 1 aliphatic carbocycles. The molecule has 1 rings (SSSR count). The van der Waals surface area contributed by atoms with Gasteiger partial charge < -0.3 is 0 Å². The second kappa shape index (κ2) is 13.7. The minimum absolute atomic E-state index is 0.0210. The molecule has 3 unspecified atom stereocenters. The van der Waals surface area contributed by atoms with E-state index in [-0.39, 0.29) is 16.3 Å². The van der Waals surface area contributed by atoms with Crippen molar-refractivity contribution in [2.24, 2.45) is 0 Å². The van der Waals surface area contributed by atoms with Crippen molar-refractivity contribution in [1.82, 2.24) is 0 Å². The molecule has 134 valence electrons. The van der Waals surface area contributed by atoms with Crippen molar-refractivity contribution in [2.45, 2.75) is 110 Å². The van der Waals surface area contributed by atoms with Crippen LogP contribution in [0.3, 0.4) is 0 Å². The summed E-state index contributed by atoms with van der Waals surface area (Å²) in [5.41, 5.74) is 0. The zero-order valence-electron chi connectivity index (χ0n) is 14.8. The van der Waals surface area contributed by atoms with E-state index in [1.165, 1.54) is 68.6 Å². The van der Waals surface area contributed by atoms with Crippen molar-refractivity contribution >= 4 is 32.7 Å². The van der Waals surface area contributed by atoms with Crippen LogP contribution in [0.15, 0.2) is 0 Å². The predicted octanol–water partition coefficient (Wildman–Crippen LogP) is 6.25. The van der Waals surface area contributed by atoms with Crippen LogP contribution in [-0.2, 0) is 0 Å². The van der Waals surface area contributed by atoms with E-state index in [4.69, 9.17) is 11.6 Å². The fraction of sp³-hybridized carbons (Fsp3) is 1.00. The zero-order chi connectivity index (χ0) is 16.9. The molecule has 0 aliphatic heterocycles. The van der Waals surface area contributed by atoms with E-state index < -0.39 is 21.1 Å². The normalized spacial score (nSPS) is 24.7. The van der Waals surface area contributed by atoms with Crippen LogP contribution in [-0.4, -0.2) is 37.5 Å². The molecule has 3 atom stereocenters. The molecule has 3 nitrogen and oxygen atoms in total. The van der Waals surface area contributed by atoms with Crippen molar-refractivity contribution < 1.29 is 4.92 Å². The van der Waals surface area contributed by atoms with Gasteiger partial charge in [-0.05, 0) is 0 Å². The number of hydrogen-bond acceptors (Lipinski definition) is 2. The second-order valence-electron chi connectivity index (χ2n) is 7.01. The number of alkyl halides is 1. The van der Waals surface area contributed by atoms with Crippen molar-refractivity contribution in [3.05, 3.63) is 10.1 Å². The Balaban J connectivity index is 1.98. The van der Waals surface area contributed by atoms with E-state index in [9.17, 15) is 10.1 Å². The molecule has 0 N–H and O–H groups in total. The van der Waals surface area contributed by atoms with Gasteiger partial charge in [0.2, 0.25) is 0 Å². The Morgan fingerprint density at radius 1 is 1.00 bits per heavy atom. The first-order valence-electron chi connectivity index (χ1n) is 9.66. The Bertz CT molecular complexity index is 317. The topological polar surface area (TPSA) is 43.1 Å². The molecule has 0 aromatic rings. The molecule has 0 bridgehead atoms. The number of rotatable bonds is 13. The average molecular weight is 451 g/mol. The van der Waals surface area contributed by atoms with Gasteiger partial charge >= 0.3 is 158 Å². The van der Waals surface area contributed by atoms with E-state index in [1.54, 1.807) is 0 Å². The SMILES string of the molecule is CCCCCCCCCCC[CH2][Sn][CH]1CC(Cl)CCC1[N+](=O)[O-]. The monoisotopic (exact) mass is 451 g/mol. The fourth-order valence-electron chi connectivity index (χ4n) is 3.47. The van der Waals surface area contributed by atoms with Crippen LogP contribution in [0.25, 0.3) is 0 Å². The van der Waals surface area contributed by atoms with E-state index in [0.717, 1.165) is 12.8 Å². The Labute approximate surface area is 157 Å². The van der Waals surface area contributed by atoms with Crippen LogP contribution in [0.5, 0.6) is 0 Å². The standard InChI is InChI=1S/C12H25.C6H9ClNO2.Sn/c1-3-5-7-9-11-12-10-8-6-4-2;7-5-1-3-6(4-2-5)8(9)10;/h1,3-12H2,2H3;3,5-6H,1-2,4H2;. The summed E-state index contributed by atoms with van der Waals surface area (Å²) in [7, 11) is 0. The van der Waals surface area contributed by atoms with Gasteiger partial charge in [0.05, 0.1) is 0 Å². The van der Waals surface area contributed by atoms with Crippen LogP contribution in [0, 0.1) is 10.1 Å². The van der Waals surface area contributed by atoms with Gasteiger partial charge in [-0.25, -0.2) is 0 Å². The molecule has 0 spiro atoms. The molecule has 2 radical (unpaired) electrons. The quantitative estimate of drug-likeness (QED) is 0.109. The van der Waals surface area contributed by atoms with E-state index >= 15 is 0 Å². The molecule has 0 aromatic carbocycles. The zero-order valence-corrected chi connectivity index (χ0v) is 18.4. The molecular weight excluding hydrogens is 416 g/mol. The number of nitrogens with zero attached hydrogens (tertiary/aromatic N) is 1. The molecule has 1 fully saturated rings. The number of nitro groups is 1. The van der Waals surface area contributed by atoms with Crippen molar-refractivity contribution in [2.75, 3.05) is 0 Å². The molecule has 0 amide bonds. The summed E-state index contributed by atoms with van der Waals surface area (Å²) in [6, 6.07) is -0.264. The fourth-order valence-corrected chi connectivity index (χ4v) is 9.46. The third kappa shape index (κ3) is 10.2. The van der Waals surface area contributed by atoms with E-state index in [1.807, 2.05) is 0 Å². The van der Waals surface area contributed by atoms with Crippen LogP contribution in [0.4, 0.5) is 0 Å². The summed E-state index contributed by atoms with van der Waals surface area (Å²) in [5, 5.41) is 11.4. The van der Waals surface area contributed by atoms with Gasteiger partial charge in [0.25, 0.3) is 0 Å². The van der Waals surface area contributed by atoms with Crippen LogP contribution >= 0.6 is 11.6 Å². The van der Waals surface area contributed by atoms with Gasteiger partial charge in [-0.2, -0.15) is 0 Å². The summed E-state index contributed by atoms with van der Waals surface area (Å²) in [5.74, 6) is 0.